The fourth-order valence-corrected chi connectivity index (χ4v) is 6.50. The molecule has 2 aliphatic rings. The highest BCUT2D eigenvalue weighted by atomic mass is 19.4. The predicted molar refractivity (Wildman–Crippen MR) is 160 cm³/mol. The first-order chi connectivity index (χ1) is 21.3. The number of hydrogen-bond acceptors (Lipinski definition) is 3. The standard InChI is InChI=1S/C36H24F5N3/c37-32-31(36(39,40)41)34(43-27-13-5-1-9-22(27)17-18-23-10-2-6-14-28(23)43)26(21-42)35(33(32)38)44-29-15-7-3-11-24(29)19-20-25-12-4-8-16-30(25)44/h1-16H,17-20H2. The van der Waals surface area contributed by atoms with Crippen molar-refractivity contribution in [3.63, 3.8) is 0 Å². The zero-order valence-corrected chi connectivity index (χ0v) is 23.3. The number of benzene rings is 5. The molecule has 5 aromatic rings. The van der Waals surface area contributed by atoms with E-state index in [9.17, 15) is 18.4 Å². The monoisotopic (exact) mass is 593 g/mol. The van der Waals surface area contributed by atoms with Crippen molar-refractivity contribution in [3.05, 3.63) is 142 Å². The van der Waals surface area contributed by atoms with E-state index < -0.39 is 40.3 Å². The van der Waals surface area contributed by atoms with Gasteiger partial charge in [0, 0.05) is 22.7 Å². The maximum atomic E-state index is 16.5. The van der Waals surface area contributed by atoms with E-state index in [0.717, 1.165) is 22.3 Å². The number of alkyl halides is 3. The molecule has 7 rings (SSSR count). The van der Waals surface area contributed by atoms with Gasteiger partial charge >= 0.3 is 6.18 Å². The molecular weight excluding hydrogens is 569 g/mol. The summed E-state index contributed by atoms with van der Waals surface area (Å²) in [6, 6.07) is 30.0. The smallest absolute Gasteiger partial charge is 0.308 e. The second-order valence-electron chi connectivity index (χ2n) is 10.9. The van der Waals surface area contributed by atoms with Crippen LogP contribution in [0.4, 0.5) is 56.1 Å². The minimum Gasteiger partial charge on any atom is -0.308 e. The van der Waals surface area contributed by atoms with Crippen LogP contribution in [0.2, 0.25) is 0 Å². The van der Waals surface area contributed by atoms with Crippen molar-refractivity contribution in [1.29, 1.82) is 5.26 Å². The third-order valence-corrected chi connectivity index (χ3v) is 8.43. The van der Waals surface area contributed by atoms with Crippen LogP contribution in [0.25, 0.3) is 0 Å². The lowest BCUT2D eigenvalue weighted by Crippen LogP contribution is -2.25. The summed E-state index contributed by atoms with van der Waals surface area (Å²) >= 11 is 0. The van der Waals surface area contributed by atoms with Crippen LogP contribution >= 0.6 is 0 Å². The largest absolute Gasteiger partial charge is 0.421 e. The maximum absolute atomic E-state index is 16.5. The van der Waals surface area contributed by atoms with E-state index in [1.54, 1.807) is 72.8 Å². The molecule has 0 bridgehead atoms. The highest BCUT2D eigenvalue weighted by molar-refractivity contribution is 5.93. The van der Waals surface area contributed by atoms with Gasteiger partial charge in [-0.1, -0.05) is 72.8 Å². The van der Waals surface area contributed by atoms with E-state index in [2.05, 4.69) is 0 Å². The molecule has 0 aromatic heterocycles. The number of para-hydroxylation sites is 4. The average molecular weight is 594 g/mol. The normalized spacial score (nSPS) is 14.0. The van der Waals surface area contributed by atoms with Crippen LogP contribution in [-0.2, 0) is 31.9 Å². The van der Waals surface area contributed by atoms with Gasteiger partial charge in [-0.3, -0.25) is 0 Å². The Bertz CT molecular complexity index is 1880. The molecule has 0 unspecified atom stereocenters. The summed E-state index contributed by atoms with van der Waals surface area (Å²) in [6.45, 7) is 0. The molecule has 0 fully saturated rings. The Labute approximate surface area is 251 Å². The minimum atomic E-state index is -5.32. The lowest BCUT2D eigenvalue weighted by Gasteiger charge is -2.34. The van der Waals surface area contributed by atoms with Crippen LogP contribution in [0.3, 0.4) is 0 Å². The SMILES string of the molecule is N#Cc1c(N2c3ccccc3CCc3ccccc32)c(F)c(F)c(C(F)(F)F)c1N1c2ccccc2CCc2ccccc21. The highest BCUT2D eigenvalue weighted by Gasteiger charge is 2.45. The topological polar surface area (TPSA) is 30.3 Å². The van der Waals surface area contributed by atoms with E-state index >= 15 is 8.78 Å². The van der Waals surface area contributed by atoms with Crippen molar-refractivity contribution in [2.24, 2.45) is 0 Å². The molecule has 0 saturated carbocycles. The van der Waals surface area contributed by atoms with Crippen molar-refractivity contribution in [2.75, 3.05) is 9.80 Å². The van der Waals surface area contributed by atoms with Gasteiger partial charge in [0.2, 0.25) is 0 Å². The van der Waals surface area contributed by atoms with E-state index in [1.165, 1.54) is 9.80 Å². The van der Waals surface area contributed by atoms with Crippen LogP contribution in [-0.4, -0.2) is 0 Å². The molecule has 0 saturated heterocycles. The quantitative estimate of drug-likeness (QED) is 0.191. The van der Waals surface area contributed by atoms with E-state index in [1.807, 2.05) is 30.3 Å². The van der Waals surface area contributed by atoms with Gasteiger partial charge in [0.15, 0.2) is 11.6 Å². The van der Waals surface area contributed by atoms with Crippen LogP contribution in [0.5, 0.6) is 0 Å². The minimum absolute atomic E-state index is 0.369. The number of halogens is 5. The van der Waals surface area contributed by atoms with Crippen LogP contribution in [0.15, 0.2) is 97.1 Å². The van der Waals surface area contributed by atoms with E-state index in [-0.39, 0.29) is 0 Å². The Morgan fingerprint density at radius 3 is 1.20 bits per heavy atom. The van der Waals surface area contributed by atoms with Gasteiger partial charge in [0.1, 0.15) is 22.9 Å². The van der Waals surface area contributed by atoms with Gasteiger partial charge in [-0.15, -0.1) is 0 Å². The number of aryl methyl sites for hydroxylation is 4. The van der Waals surface area contributed by atoms with Gasteiger partial charge in [-0.25, -0.2) is 8.78 Å². The summed E-state index contributed by atoms with van der Waals surface area (Å²) < 4.78 is 77.7. The summed E-state index contributed by atoms with van der Waals surface area (Å²) in [5.74, 6) is -3.79. The summed E-state index contributed by atoms with van der Waals surface area (Å²) in [7, 11) is 0. The van der Waals surface area contributed by atoms with Crippen molar-refractivity contribution >= 4 is 34.1 Å². The summed E-state index contributed by atoms with van der Waals surface area (Å²) in [4.78, 5) is 2.70. The van der Waals surface area contributed by atoms with Crippen LogP contribution < -0.4 is 9.80 Å². The zero-order valence-electron chi connectivity index (χ0n) is 23.3. The second kappa shape index (κ2) is 10.5. The molecule has 5 aromatic carbocycles. The first kappa shape index (κ1) is 27.7. The Hall–Kier alpha value is -5.16. The molecular formula is C36H24F5N3. The Morgan fingerprint density at radius 2 is 0.864 bits per heavy atom. The first-order valence-electron chi connectivity index (χ1n) is 14.2. The van der Waals surface area contributed by atoms with Gasteiger partial charge < -0.3 is 9.80 Å². The molecule has 0 radical (unpaired) electrons. The number of nitriles is 1. The van der Waals surface area contributed by atoms with Crippen molar-refractivity contribution in [3.8, 4) is 6.07 Å². The molecule has 0 atom stereocenters. The van der Waals surface area contributed by atoms with Crippen LogP contribution in [0, 0.1) is 23.0 Å². The number of nitrogens with zero attached hydrogens (tertiary/aromatic N) is 3. The lowest BCUT2D eigenvalue weighted by molar-refractivity contribution is -0.139. The Balaban J connectivity index is 1.65. The predicted octanol–water partition coefficient (Wildman–Crippen LogP) is 9.99. The molecule has 0 N–H and O–H groups in total. The molecule has 44 heavy (non-hydrogen) atoms. The summed E-state index contributed by atoms with van der Waals surface area (Å²) in [5, 5.41) is 10.7. The number of rotatable bonds is 2. The fraction of sp³-hybridized carbons (Fsp3) is 0.139. The Kier molecular flexibility index (Phi) is 6.62. The molecule has 2 heterocycles. The fourth-order valence-electron chi connectivity index (χ4n) is 6.50. The third kappa shape index (κ3) is 4.31. The molecule has 2 aliphatic heterocycles. The van der Waals surface area contributed by atoms with Crippen molar-refractivity contribution in [2.45, 2.75) is 31.9 Å². The van der Waals surface area contributed by atoms with Gasteiger partial charge in [-0.05, 0) is 72.2 Å². The molecule has 8 heteroatoms. The van der Waals surface area contributed by atoms with E-state index in [4.69, 9.17) is 0 Å². The maximum Gasteiger partial charge on any atom is 0.421 e. The lowest BCUT2D eigenvalue weighted by atomic mass is 9.98. The molecule has 3 nitrogen and oxygen atoms in total. The highest BCUT2D eigenvalue weighted by Crippen LogP contribution is 2.54. The summed E-state index contributed by atoms with van der Waals surface area (Å²) in [6.07, 6.45) is -3.17. The first-order valence-corrected chi connectivity index (χ1v) is 14.2. The van der Waals surface area contributed by atoms with Gasteiger partial charge in [0.25, 0.3) is 0 Å². The number of anilines is 6. The molecule has 0 spiro atoms. The van der Waals surface area contributed by atoms with Crippen molar-refractivity contribution in [1.82, 2.24) is 0 Å². The summed E-state index contributed by atoms with van der Waals surface area (Å²) in [5.41, 5.74) is 0.954. The Morgan fingerprint density at radius 1 is 0.523 bits per heavy atom. The molecule has 218 valence electrons. The molecule has 0 amide bonds. The number of fused-ring (bicyclic) bond motifs is 4. The second-order valence-corrected chi connectivity index (χ2v) is 10.9. The third-order valence-electron chi connectivity index (χ3n) is 8.43. The van der Waals surface area contributed by atoms with Crippen LogP contribution in [0.1, 0.15) is 33.4 Å². The average Bonchev–Trinajstić information content (AvgIpc) is 3.30. The van der Waals surface area contributed by atoms with E-state index in [0.29, 0.717) is 48.4 Å². The molecule has 0 aliphatic carbocycles. The van der Waals surface area contributed by atoms with Gasteiger partial charge in [-0.2, -0.15) is 18.4 Å². The van der Waals surface area contributed by atoms with Crippen molar-refractivity contribution < 1.29 is 22.0 Å². The number of hydrogen-bond donors (Lipinski definition) is 0. The van der Waals surface area contributed by atoms with Gasteiger partial charge in [0.05, 0.1) is 5.69 Å². The zero-order chi connectivity index (χ0) is 30.6.